The van der Waals surface area contributed by atoms with Crippen molar-refractivity contribution in [1.82, 2.24) is 25.2 Å². The van der Waals surface area contributed by atoms with Gasteiger partial charge < -0.3 is 10.3 Å². The van der Waals surface area contributed by atoms with Gasteiger partial charge in [0.25, 0.3) is 0 Å². The second-order valence-electron chi connectivity index (χ2n) is 7.96. The lowest BCUT2D eigenvalue weighted by Gasteiger charge is -2.32. The molecule has 3 aromatic rings. The van der Waals surface area contributed by atoms with Crippen LogP contribution in [0.5, 0.6) is 0 Å². The van der Waals surface area contributed by atoms with Crippen LogP contribution in [-0.2, 0) is 4.79 Å². The number of fused-ring (bicyclic) bond motifs is 3. The van der Waals surface area contributed by atoms with Crippen molar-refractivity contribution >= 4 is 27.8 Å². The van der Waals surface area contributed by atoms with Crippen LogP contribution in [0.4, 0.5) is 0 Å². The summed E-state index contributed by atoms with van der Waals surface area (Å²) < 4.78 is 0. The van der Waals surface area contributed by atoms with Gasteiger partial charge in [-0.2, -0.15) is 0 Å². The largest absolute Gasteiger partial charge is 0.360 e. The summed E-state index contributed by atoms with van der Waals surface area (Å²) >= 11 is 0. The number of hydrogen-bond donors (Lipinski definition) is 2. The van der Waals surface area contributed by atoms with E-state index in [1.54, 1.807) is 0 Å². The summed E-state index contributed by atoms with van der Waals surface area (Å²) in [7, 11) is 0. The van der Waals surface area contributed by atoms with Crippen LogP contribution >= 0.6 is 0 Å². The first-order valence-corrected chi connectivity index (χ1v) is 9.97. The maximum Gasteiger partial charge on any atom is 0.234 e. The number of likely N-dealkylation sites (tertiary alicyclic amines) is 1. The highest BCUT2D eigenvalue weighted by Gasteiger charge is 2.25. The molecule has 0 aromatic carbocycles. The molecule has 140 valence electrons. The van der Waals surface area contributed by atoms with Crippen LogP contribution in [0.15, 0.2) is 30.7 Å². The first-order valence-electron chi connectivity index (χ1n) is 9.97. The fourth-order valence-electron chi connectivity index (χ4n) is 4.27. The third-order valence-electron chi connectivity index (χ3n) is 6.00. The highest BCUT2D eigenvalue weighted by molar-refractivity contribution is 6.05. The standard InChI is InChI=1S/C21H25N5O/c27-19(24-11-14-1-2-14)13-26-9-5-15(6-10-26)16-3-7-22-18-12-25-21-17(20(16)18)4-8-23-21/h3-4,7-8,12,14-15,22H,1-2,5-6,9-11,13H2,(H,24,27). The minimum absolute atomic E-state index is 0.177. The Balaban J connectivity index is 1.29. The van der Waals surface area contributed by atoms with E-state index in [0.717, 1.165) is 54.9 Å². The molecule has 2 N–H and O–H groups in total. The van der Waals surface area contributed by atoms with E-state index >= 15 is 0 Å². The summed E-state index contributed by atoms with van der Waals surface area (Å²) in [4.78, 5) is 26.5. The number of H-pyrrole nitrogens is 1. The number of carbonyl (C=O) groups excluding carboxylic acids is 1. The summed E-state index contributed by atoms with van der Waals surface area (Å²) in [6.45, 7) is 3.33. The Morgan fingerprint density at radius 2 is 2.04 bits per heavy atom. The minimum Gasteiger partial charge on any atom is -0.360 e. The van der Waals surface area contributed by atoms with Crippen molar-refractivity contribution in [2.24, 2.45) is 5.92 Å². The van der Waals surface area contributed by atoms with Crippen molar-refractivity contribution in [1.29, 1.82) is 0 Å². The van der Waals surface area contributed by atoms with Crippen molar-refractivity contribution in [3.8, 4) is 0 Å². The molecule has 27 heavy (non-hydrogen) atoms. The smallest absolute Gasteiger partial charge is 0.234 e. The van der Waals surface area contributed by atoms with Gasteiger partial charge in [0.1, 0.15) is 0 Å². The Labute approximate surface area is 158 Å². The van der Waals surface area contributed by atoms with Gasteiger partial charge >= 0.3 is 0 Å². The van der Waals surface area contributed by atoms with Crippen LogP contribution in [-0.4, -0.2) is 51.9 Å². The Kier molecular flexibility index (Phi) is 4.28. The number of rotatable bonds is 5. The molecular formula is C21H25N5O. The molecule has 0 atom stereocenters. The molecule has 2 fully saturated rings. The van der Waals surface area contributed by atoms with Crippen LogP contribution in [0.3, 0.4) is 0 Å². The number of nitrogens with zero attached hydrogens (tertiary/aromatic N) is 3. The molecule has 3 aromatic heterocycles. The molecule has 1 aliphatic heterocycles. The van der Waals surface area contributed by atoms with E-state index in [0.29, 0.717) is 12.5 Å². The second-order valence-corrected chi connectivity index (χ2v) is 7.96. The van der Waals surface area contributed by atoms with Crippen molar-refractivity contribution < 1.29 is 4.79 Å². The van der Waals surface area contributed by atoms with Crippen LogP contribution < -0.4 is 5.32 Å². The van der Waals surface area contributed by atoms with Gasteiger partial charge in [-0.05, 0) is 68.3 Å². The average molecular weight is 363 g/mol. The van der Waals surface area contributed by atoms with Crippen molar-refractivity contribution in [2.45, 2.75) is 31.6 Å². The predicted octanol–water partition coefficient (Wildman–Crippen LogP) is 2.82. The molecule has 6 heteroatoms. The molecule has 4 heterocycles. The first kappa shape index (κ1) is 16.7. The molecule has 0 radical (unpaired) electrons. The number of aromatic amines is 1. The number of amides is 1. The molecular weight excluding hydrogens is 338 g/mol. The highest BCUT2D eigenvalue weighted by atomic mass is 16.2. The quantitative estimate of drug-likeness (QED) is 0.731. The molecule has 5 rings (SSSR count). The lowest BCUT2D eigenvalue weighted by Crippen LogP contribution is -2.41. The minimum atomic E-state index is 0.177. The average Bonchev–Trinajstić information content (AvgIpc) is 3.40. The molecule has 1 amide bonds. The molecule has 0 bridgehead atoms. The van der Waals surface area contributed by atoms with Gasteiger partial charge in [-0.3, -0.25) is 9.69 Å². The maximum absolute atomic E-state index is 12.1. The summed E-state index contributed by atoms with van der Waals surface area (Å²) in [5, 5.41) is 5.45. The lowest BCUT2D eigenvalue weighted by molar-refractivity contribution is -0.122. The van der Waals surface area contributed by atoms with E-state index in [1.165, 1.54) is 23.8 Å². The second kappa shape index (κ2) is 6.93. The molecule has 6 nitrogen and oxygen atoms in total. The summed E-state index contributed by atoms with van der Waals surface area (Å²) in [6, 6.07) is 4.26. The lowest BCUT2D eigenvalue weighted by atomic mass is 9.87. The maximum atomic E-state index is 12.1. The number of pyridine rings is 2. The van der Waals surface area contributed by atoms with Crippen LogP contribution in [0.25, 0.3) is 21.9 Å². The number of nitrogens with one attached hydrogen (secondary N) is 2. The van der Waals surface area contributed by atoms with E-state index < -0.39 is 0 Å². The summed E-state index contributed by atoms with van der Waals surface area (Å²) in [6.07, 6.45) is 10.4. The van der Waals surface area contributed by atoms with Crippen LogP contribution in [0.1, 0.15) is 37.2 Å². The van der Waals surface area contributed by atoms with Crippen molar-refractivity contribution in [2.75, 3.05) is 26.2 Å². The van der Waals surface area contributed by atoms with Crippen molar-refractivity contribution in [3.63, 3.8) is 0 Å². The number of piperidine rings is 1. The number of aromatic nitrogens is 3. The summed E-state index contributed by atoms with van der Waals surface area (Å²) in [5.74, 6) is 1.42. The Morgan fingerprint density at radius 3 is 2.85 bits per heavy atom. The fraction of sp³-hybridized carbons (Fsp3) is 0.476. The van der Waals surface area contributed by atoms with E-state index in [2.05, 4.69) is 37.3 Å². The molecule has 1 saturated heterocycles. The van der Waals surface area contributed by atoms with Gasteiger partial charge in [0.05, 0.1) is 18.3 Å². The van der Waals surface area contributed by atoms with Crippen LogP contribution in [0, 0.1) is 5.92 Å². The van der Waals surface area contributed by atoms with Gasteiger partial charge in [0, 0.05) is 29.7 Å². The first-order chi connectivity index (χ1) is 13.3. The number of carbonyl (C=O) groups is 1. The summed E-state index contributed by atoms with van der Waals surface area (Å²) in [5.41, 5.74) is 3.25. The third-order valence-corrected chi connectivity index (χ3v) is 6.00. The molecule has 0 unspecified atom stereocenters. The van der Waals surface area contributed by atoms with Gasteiger partial charge in [-0.25, -0.2) is 9.97 Å². The predicted molar refractivity (Wildman–Crippen MR) is 106 cm³/mol. The van der Waals surface area contributed by atoms with Gasteiger partial charge in [-0.1, -0.05) is 0 Å². The Hall–Kier alpha value is -2.47. The van der Waals surface area contributed by atoms with E-state index in [-0.39, 0.29) is 5.91 Å². The molecule has 2 aliphatic rings. The Bertz CT molecular complexity index is 969. The van der Waals surface area contributed by atoms with Gasteiger partial charge in [0.2, 0.25) is 5.91 Å². The highest BCUT2D eigenvalue weighted by Crippen LogP contribution is 2.35. The zero-order valence-electron chi connectivity index (χ0n) is 15.4. The van der Waals surface area contributed by atoms with Gasteiger partial charge in [0.15, 0.2) is 5.65 Å². The van der Waals surface area contributed by atoms with E-state index in [9.17, 15) is 4.79 Å². The van der Waals surface area contributed by atoms with Crippen molar-refractivity contribution in [3.05, 3.63) is 36.3 Å². The van der Waals surface area contributed by atoms with E-state index in [4.69, 9.17) is 0 Å². The van der Waals surface area contributed by atoms with Crippen LogP contribution in [0.2, 0.25) is 0 Å². The van der Waals surface area contributed by atoms with E-state index in [1.807, 2.05) is 18.6 Å². The Morgan fingerprint density at radius 1 is 1.19 bits per heavy atom. The third kappa shape index (κ3) is 3.41. The fourth-order valence-corrected chi connectivity index (χ4v) is 4.27. The van der Waals surface area contributed by atoms with Gasteiger partial charge in [-0.15, -0.1) is 0 Å². The normalized spacial score (nSPS) is 19.0. The molecule has 0 spiro atoms. The molecule has 1 saturated carbocycles. The number of hydrogen-bond acceptors (Lipinski definition) is 4. The topological polar surface area (TPSA) is 73.9 Å². The zero-order chi connectivity index (χ0) is 18.2. The zero-order valence-corrected chi connectivity index (χ0v) is 15.4. The molecule has 1 aliphatic carbocycles. The SMILES string of the molecule is O=C(CN1CCC(c2cc[nH]c3cnc4nccc4c23)CC1)NCC1CC1. The monoisotopic (exact) mass is 363 g/mol.